The van der Waals surface area contributed by atoms with Gasteiger partial charge in [-0.1, -0.05) is 12.1 Å². The third-order valence-corrected chi connectivity index (χ3v) is 1.69. The van der Waals surface area contributed by atoms with Gasteiger partial charge in [0, 0.05) is 0 Å². The van der Waals surface area contributed by atoms with E-state index < -0.39 is 0 Å². The zero-order valence-electron chi connectivity index (χ0n) is 6.49. The molecule has 2 rings (SSSR count). The van der Waals surface area contributed by atoms with Crippen LogP contribution < -0.4 is 20.7 Å². The predicted octanol–water partition coefficient (Wildman–Crippen LogP) is 0.247. The molecule has 0 aromatic heterocycles. The van der Waals surface area contributed by atoms with Crippen LogP contribution >= 0.6 is 0 Å². The maximum absolute atomic E-state index is 5.42. The van der Waals surface area contributed by atoms with Gasteiger partial charge in [-0.2, -0.15) is 0 Å². The second kappa shape index (κ2) is 3.00. The van der Waals surface area contributed by atoms with Gasteiger partial charge in [0.15, 0.2) is 17.7 Å². The molecular weight excluding hydrogens is 156 g/mol. The summed E-state index contributed by atoms with van der Waals surface area (Å²) in [7, 11) is 0. The molecule has 0 amide bonds. The Morgan fingerprint density at radius 3 is 2.83 bits per heavy atom. The van der Waals surface area contributed by atoms with Crippen molar-refractivity contribution in [3.63, 3.8) is 0 Å². The number of hydrogen-bond donors (Lipinski definition) is 2. The molecule has 0 spiro atoms. The molecule has 4 nitrogen and oxygen atoms in total. The molecule has 1 heterocycles. The first kappa shape index (κ1) is 7.39. The van der Waals surface area contributed by atoms with Crippen LogP contribution in [0.5, 0.6) is 11.5 Å². The van der Waals surface area contributed by atoms with E-state index in [2.05, 4.69) is 5.43 Å². The van der Waals surface area contributed by atoms with Crippen molar-refractivity contribution in [1.82, 2.24) is 5.43 Å². The molecule has 4 heteroatoms. The Bertz CT molecular complexity index is 278. The van der Waals surface area contributed by atoms with Crippen molar-refractivity contribution in [3.05, 3.63) is 24.3 Å². The highest BCUT2D eigenvalue weighted by Gasteiger charge is 2.18. The zero-order valence-corrected chi connectivity index (χ0v) is 6.49. The molecule has 0 bridgehead atoms. The fourth-order valence-electron chi connectivity index (χ4n) is 1.10. The van der Waals surface area contributed by atoms with Gasteiger partial charge in [0.1, 0.15) is 6.61 Å². The number of hydrogen-bond acceptors (Lipinski definition) is 4. The quantitative estimate of drug-likeness (QED) is 0.463. The Hall–Kier alpha value is -1.26. The van der Waals surface area contributed by atoms with Gasteiger partial charge in [-0.15, -0.1) is 0 Å². The summed E-state index contributed by atoms with van der Waals surface area (Å²) in [5.74, 6) is 6.70. The summed E-state index contributed by atoms with van der Waals surface area (Å²) in [6.07, 6.45) is -0.250. The maximum Gasteiger partial charge on any atom is 0.196 e. The second-order valence-corrected chi connectivity index (χ2v) is 2.53. The van der Waals surface area contributed by atoms with E-state index in [1.165, 1.54) is 0 Å². The number of benzene rings is 1. The van der Waals surface area contributed by atoms with Crippen LogP contribution in [0.3, 0.4) is 0 Å². The first-order valence-corrected chi connectivity index (χ1v) is 3.75. The topological polar surface area (TPSA) is 56.5 Å². The van der Waals surface area contributed by atoms with Gasteiger partial charge in [-0.25, -0.2) is 5.43 Å². The monoisotopic (exact) mass is 166 g/mol. The molecule has 64 valence electrons. The van der Waals surface area contributed by atoms with Crippen molar-refractivity contribution in [2.45, 2.75) is 6.23 Å². The molecule has 1 unspecified atom stereocenters. The van der Waals surface area contributed by atoms with Crippen molar-refractivity contribution < 1.29 is 9.47 Å². The molecule has 1 aromatic rings. The van der Waals surface area contributed by atoms with Crippen molar-refractivity contribution in [2.75, 3.05) is 6.61 Å². The van der Waals surface area contributed by atoms with Crippen molar-refractivity contribution in [2.24, 2.45) is 5.84 Å². The number of nitrogens with one attached hydrogen (secondary N) is 1. The molecule has 1 aliphatic rings. The fraction of sp³-hybridized carbons (Fsp3) is 0.250. The van der Waals surface area contributed by atoms with E-state index in [0.717, 1.165) is 11.5 Å². The van der Waals surface area contributed by atoms with Crippen LogP contribution in [0.15, 0.2) is 24.3 Å². The van der Waals surface area contributed by atoms with Gasteiger partial charge in [0.25, 0.3) is 0 Å². The second-order valence-electron chi connectivity index (χ2n) is 2.53. The van der Waals surface area contributed by atoms with Crippen LogP contribution in [0.4, 0.5) is 0 Å². The third kappa shape index (κ3) is 1.22. The number of para-hydroxylation sites is 2. The standard InChI is InChI=1S/C8H10N2O2/c9-10-8-5-11-6-3-1-2-4-7(6)12-8/h1-4,8,10H,5,9H2. The molecule has 0 saturated heterocycles. The number of ether oxygens (including phenoxy) is 2. The first-order chi connectivity index (χ1) is 5.90. The average molecular weight is 166 g/mol. The molecule has 1 aliphatic heterocycles. The molecule has 0 aliphatic carbocycles. The molecule has 1 atom stereocenters. The summed E-state index contributed by atoms with van der Waals surface area (Å²) in [6, 6.07) is 7.50. The van der Waals surface area contributed by atoms with Gasteiger partial charge in [0.05, 0.1) is 0 Å². The highest BCUT2D eigenvalue weighted by Crippen LogP contribution is 2.29. The van der Waals surface area contributed by atoms with E-state index in [4.69, 9.17) is 15.3 Å². The van der Waals surface area contributed by atoms with Gasteiger partial charge in [-0.3, -0.25) is 5.84 Å². The van der Waals surface area contributed by atoms with E-state index >= 15 is 0 Å². The van der Waals surface area contributed by atoms with Gasteiger partial charge in [-0.05, 0) is 12.1 Å². The van der Waals surface area contributed by atoms with E-state index in [-0.39, 0.29) is 6.23 Å². The van der Waals surface area contributed by atoms with Crippen LogP contribution in [-0.2, 0) is 0 Å². The largest absolute Gasteiger partial charge is 0.484 e. The maximum atomic E-state index is 5.42. The Balaban J connectivity index is 2.23. The smallest absolute Gasteiger partial charge is 0.196 e. The highest BCUT2D eigenvalue weighted by atomic mass is 16.6. The summed E-state index contributed by atoms with van der Waals surface area (Å²) in [5, 5.41) is 0. The summed E-state index contributed by atoms with van der Waals surface area (Å²) in [6.45, 7) is 0.438. The van der Waals surface area contributed by atoms with Crippen molar-refractivity contribution in [3.8, 4) is 11.5 Å². The minimum atomic E-state index is -0.250. The molecule has 3 N–H and O–H groups in total. The molecule has 0 radical (unpaired) electrons. The lowest BCUT2D eigenvalue weighted by molar-refractivity contribution is 0.0670. The van der Waals surface area contributed by atoms with Crippen LogP contribution in [0.2, 0.25) is 0 Å². The Labute approximate surface area is 70.2 Å². The molecular formula is C8H10N2O2. The number of nitrogens with two attached hydrogens (primary N) is 1. The number of rotatable bonds is 1. The first-order valence-electron chi connectivity index (χ1n) is 3.75. The highest BCUT2D eigenvalue weighted by molar-refractivity contribution is 5.40. The molecule has 0 saturated carbocycles. The van der Waals surface area contributed by atoms with E-state index in [1.807, 2.05) is 24.3 Å². The molecule has 0 fully saturated rings. The van der Waals surface area contributed by atoms with Crippen molar-refractivity contribution in [1.29, 1.82) is 0 Å². The third-order valence-electron chi connectivity index (χ3n) is 1.69. The zero-order chi connectivity index (χ0) is 8.39. The van der Waals surface area contributed by atoms with Crippen molar-refractivity contribution >= 4 is 0 Å². The minimum Gasteiger partial charge on any atom is -0.484 e. The summed E-state index contributed by atoms with van der Waals surface area (Å²) in [4.78, 5) is 0. The van der Waals surface area contributed by atoms with Gasteiger partial charge >= 0.3 is 0 Å². The van der Waals surface area contributed by atoms with Gasteiger partial charge in [0.2, 0.25) is 0 Å². The Kier molecular flexibility index (Phi) is 1.85. The lowest BCUT2D eigenvalue weighted by Gasteiger charge is -2.25. The number of hydrazine groups is 1. The predicted molar refractivity (Wildman–Crippen MR) is 43.7 cm³/mol. The van der Waals surface area contributed by atoms with E-state index in [1.54, 1.807) is 0 Å². The Morgan fingerprint density at radius 1 is 1.33 bits per heavy atom. The van der Waals surface area contributed by atoms with Crippen LogP contribution in [0, 0.1) is 0 Å². The molecule has 12 heavy (non-hydrogen) atoms. The average Bonchev–Trinajstić information content (AvgIpc) is 2.17. The lowest BCUT2D eigenvalue weighted by atomic mass is 10.3. The van der Waals surface area contributed by atoms with Crippen LogP contribution in [-0.4, -0.2) is 12.8 Å². The summed E-state index contributed by atoms with van der Waals surface area (Å²) >= 11 is 0. The minimum absolute atomic E-state index is 0.250. The number of fused-ring (bicyclic) bond motifs is 1. The van der Waals surface area contributed by atoms with Gasteiger partial charge < -0.3 is 9.47 Å². The van der Waals surface area contributed by atoms with E-state index in [0.29, 0.717) is 6.61 Å². The Morgan fingerprint density at radius 2 is 2.08 bits per heavy atom. The summed E-state index contributed by atoms with van der Waals surface area (Å²) in [5.41, 5.74) is 2.50. The fourth-order valence-corrected chi connectivity index (χ4v) is 1.10. The lowest BCUT2D eigenvalue weighted by Crippen LogP contribution is -2.45. The summed E-state index contributed by atoms with van der Waals surface area (Å²) < 4.78 is 10.8. The van der Waals surface area contributed by atoms with Crippen LogP contribution in [0.1, 0.15) is 0 Å². The molecule has 1 aromatic carbocycles. The van der Waals surface area contributed by atoms with E-state index in [9.17, 15) is 0 Å². The SMILES string of the molecule is NNC1COc2ccccc2O1. The van der Waals surface area contributed by atoms with Crippen LogP contribution in [0.25, 0.3) is 0 Å². The normalized spacial score (nSPS) is 20.6.